The van der Waals surface area contributed by atoms with Gasteiger partial charge < -0.3 is 15.2 Å². The summed E-state index contributed by atoms with van der Waals surface area (Å²) in [4.78, 5) is 29.7. The largest absolute Gasteiger partial charge is 0.335 e. The van der Waals surface area contributed by atoms with Crippen LogP contribution >= 0.6 is 0 Å². The van der Waals surface area contributed by atoms with Crippen LogP contribution in [0.3, 0.4) is 0 Å². The molecule has 162 valence electrons. The number of carbonyl (C=O) groups excluding carboxylic acids is 2. The smallest absolute Gasteiger partial charge is 0.259 e. The van der Waals surface area contributed by atoms with Crippen molar-refractivity contribution in [1.82, 2.24) is 10.1 Å². The number of nitrogens with zero attached hydrogens (tertiary/aromatic N) is 2. The maximum absolute atomic E-state index is 13.4. The third-order valence-electron chi connectivity index (χ3n) is 5.30. The summed E-state index contributed by atoms with van der Waals surface area (Å²) in [7, 11) is 0. The lowest BCUT2D eigenvalue weighted by Crippen LogP contribution is -2.15. The standard InChI is InChI=1S/C25H24N4O3/c1-5-22(30)26-18-11-8-15(3)20(12-18)27-24(31)19-13-21(17-9-6-14(2)7-10-17)28-25-23(19)16(4)29-32-25/h6-13H,5H2,1-4H3,(H,26,30)(H,27,31). The van der Waals surface area contributed by atoms with Gasteiger partial charge in [-0.3, -0.25) is 9.59 Å². The highest BCUT2D eigenvalue weighted by molar-refractivity contribution is 6.13. The van der Waals surface area contributed by atoms with Crippen LogP contribution in [0.25, 0.3) is 22.4 Å². The molecule has 0 saturated heterocycles. The van der Waals surface area contributed by atoms with Crippen LogP contribution in [-0.4, -0.2) is 22.0 Å². The Bertz CT molecular complexity index is 1320. The maximum atomic E-state index is 13.4. The summed E-state index contributed by atoms with van der Waals surface area (Å²) in [6.45, 7) is 7.47. The van der Waals surface area contributed by atoms with Crippen molar-refractivity contribution in [1.29, 1.82) is 0 Å². The minimum Gasteiger partial charge on any atom is -0.335 e. The second kappa shape index (κ2) is 8.63. The van der Waals surface area contributed by atoms with E-state index in [4.69, 9.17) is 4.52 Å². The molecular weight excluding hydrogens is 404 g/mol. The number of anilines is 2. The highest BCUT2D eigenvalue weighted by atomic mass is 16.5. The minimum absolute atomic E-state index is 0.0928. The monoisotopic (exact) mass is 428 g/mol. The molecule has 7 heteroatoms. The van der Waals surface area contributed by atoms with E-state index in [0.717, 1.165) is 16.7 Å². The van der Waals surface area contributed by atoms with Gasteiger partial charge in [-0.1, -0.05) is 48.0 Å². The van der Waals surface area contributed by atoms with Crippen LogP contribution in [0.4, 0.5) is 11.4 Å². The minimum atomic E-state index is -0.306. The first-order valence-corrected chi connectivity index (χ1v) is 10.4. The first kappa shape index (κ1) is 21.2. The normalized spacial score (nSPS) is 10.9. The van der Waals surface area contributed by atoms with Gasteiger partial charge in [0, 0.05) is 23.4 Å². The zero-order chi connectivity index (χ0) is 22.8. The maximum Gasteiger partial charge on any atom is 0.259 e. The molecule has 0 aliphatic heterocycles. The van der Waals surface area contributed by atoms with Gasteiger partial charge in [0.15, 0.2) is 0 Å². The molecule has 2 aromatic heterocycles. The van der Waals surface area contributed by atoms with Gasteiger partial charge in [-0.2, -0.15) is 0 Å². The number of carbonyl (C=O) groups is 2. The predicted octanol–water partition coefficient (Wildman–Crippen LogP) is 5.42. The topological polar surface area (TPSA) is 97.1 Å². The molecule has 32 heavy (non-hydrogen) atoms. The Morgan fingerprint density at radius 2 is 1.72 bits per heavy atom. The lowest BCUT2D eigenvalue weighted by atomic mass is 10.0. The number of hydrogen-bond acceptors (Lipinski definition) is 5. The van der Waals surface area contributed by atoms with Crippen LogP contribution in [-0.2, 0) is 4.79 Å². The van der Waals surface area contributed by atoms with Gasteiger partial charge in [0.05, 0.1) is 22.3 Å². The zero-order valence-corrected chi connectivity index (χ0v) is 18.4. The van der Waals surface area contributed by atoms with Gasteiger partial charge in [0.2, 0.25) is 5.91 Å². The number of nitrogens with one attached hydrogen (secondary N) is 2. The van der Waals surface area contributed by atoms with Gasteiger partial charge >= 0.3 is 0 Å². The third-order valence-corrected chi connectivity index (χ3v) is 5.30. The fraction of sp³-hybridized carbons (Fsp3) is 0.200. The Labute approximate surface area is 185 Å². The fourth-order valence-electron chi connectivity index (χ4n) is 3.42. The van der Waals surface area contributed by atoms with E-state index in [1.807, 2.05) is 50.2 Å². The van der Waals surface area contributed by atoms with E-state index in [1.54, 1.807) is 26.0 Å². The number of pyridine rings is 1. The average Bonchev–Trinajstić information content (AvgIpc) is 3.16. The molecule has 2 heterocycles. The fourth-order valence-corrected chi connectivity index (χ4v) is 3.42. The molecule has 0 atom stereocenters. The van der Waals surface area contributed by atoms with Crippen molar-refractivity contribution in [3.05, 3.63) is 70.9 Å². The second-order valence-corrected chi connectivity index (χ2v) is 7.75. The zero-order valence-electron chi connectivity index (χ0n) is 18.4. The van der Waals surface area contributed by atoms with Crippen molar-refractivity contribution in [2.75, 3.05) is 10.6 Å². The van der Waals surface area contributed by atoms with Crippen LogP contribution in [0.15, 0.2) is 53.1 Å². The first-order valence-electron chi connectivity index (χ1n) is 10.4. The van der Waals surface area contributed by atoms with Gasteiger partial charge in [0.25, 0.3) is 11.6 Å². The Hall–Kier alpha value is -4.00. The van der Waals surface area contributed by atoms with Gasteiger partial charge in [-0.15, -0.1) is 0 Å². The molecule has 0 saturated carbocycles. The molecule has 0 fully saturated rings. The summed E-state index contributed by atoms with van der Waals surface area (Å²) in [6, 6.07) is 15.1. The first-order chi connectivity index (χ1) is 15.4. The lowest BCUT2D eigenvalue weighted by molar-refractivity contribution is -0.115. The van der Waals surface area contributed by atoms with Crippen molar-refractivity contribution in [2.45, 2.75) is 34.1 Å². The van der Waals surface area contributed by atoms with Crippen LogP contribution in [0.5, 0.6) is 0 Å². The molecule has 7 nitrogen and oxygen atoms in total. The number of hydrogen-bond donors (Lipinski definition) is 2. The van der Waals surface area contributed by atoms with Crippen LogP contribution < -0.4 is 10.6 Å². The Morgan fingerprint density at radius 1 is 0.969 bits per heavy atom. The molecule has 0 aliphatic carbocycles. The van der Waals surface area contributed by atoms with E-state index in [9.17, 15) is 9.59 Å². The number of fused-ring (bicyclic) bond motifs is 1. The average molecular weight is 428 g/mol. The molecule has 2 N–H and O–H groups in total. The molecule has 0 unspecified atom stereocenters. The molecule has 2 amide bonds. The van der Waals surface area contributed by atoms with E-state index in [0.29, 0.717) is 45.8 Å². The molecular formula is C25H24N4O3. The lowest BCUT2D eigenvalue weighted by Gasteiger charge is -2.12. The van der Waals surface area contributed by atoms with Crippen molar-refractivity contribution in [2.24, 2.45) is 0 Å². The number of amides is 2. The molecule has 4 aromatic rings. The molecule has 2 aromatic carbocycles. The summed E-state index contributed by atoms with van der Waals surface area (Å²) in [5.41, 5.74) is 6.07. The van der Waals surface area contributed by atoms with Gasteiger partial charge in [-0.25, -0.2) is 4.98 Å². The summed E-state index contributed by atoms with van der Waals surface area (Å²) in [5.74, 6) is -0.399. The van der Waals surface area contributed by atoms with Crippen LogP contribution in [0.1, 0.15) is 40.5 Å². The molecule has 0 aliphatic rings. The van der Waals surface area contributed by atoms with E-state index in [-0.39, 0.29) is 11.8 Å². The van der Waals surface area contributed by atoms with E-state index in [2.05, 4.69) is 20.8 Å². The van der Waals surface area contributed by atoms with Crippen molar-refractivity contribution >= 4 is 34.3 Å². The number of benzene rings is 2. The van der Waals surface area contributed by atoms with Gasteiger partial charge in [0.1, 0.15) is 0 Å². The molecule has 0 radical (unpaired) electrons. The van der Waals surface area contributed by atoms with E-state index < -0.39 is 0 Å². The number of aryl methyl sites for hydroxylation is 3. The van der Waals surface area contributed by atoms with Crippen molar-refractivity contribution < 1.29 is 14.1 Å². The summed E-state index contributed by atoms with van der Waals surface area (Å²) in [5, 5.41) is 10.4. The molecule has 4 rings (SSSR count). The Kier molecular flexibility index (Phi) is 5.73. The molecule has 0 bridgehead atoms. The number of aromatic nitrogens is 2. The van der Waals surface area contributed by atoms with Crippen molar-refractivity contribution in [3.8, 4) is 11.3 Å². The SMILES string of the molecule is CCC(=O)Nc1ccc(C)c(NC(=O)c2cc(-c3ccc(C)cc3)nc3onc(C)c23)c1. The summed E-state index contributed by atoms with van der Waals surface area (Å²) < 4.78 is 5.39. The predicted molar refractivity (Wildman–Crippen MR) is 125 cm³/mol. The van der Waals surface area contributed by atoms with E-state index in [1.165, 1.54) is 0 Å². The quantitative estimate of drug-likeness (QED) is 0.443. The Morgan fingerprint density at radius 3 is 2.44 bits per heavy atom. The number of rotatable bonds is 5. The summed E-state index contributed by atoms with van der Waals surface area (Å²) in [6.07, 6.45) is 0.374. The molecule has 0 spiro atoms. The third kappa shape index (κ3) is 4.23. The van der Waals surface area contributed by atoms with Crippen LogP contribution in [0, 0.1) is 20.8 Å². The van der Waals surface area contributed by atoms with E-state index >= 15 is 0 Å². The van der Waals surface area contributed by atoms with Crippen molar-refractivity contribution in [3.63, 3.8) is 0 Å². The summed E-state index contributed by atoms with van der Waals surface area (Å²) >= 11 is 0. The van der Waals surface area contributed by atoms with Crippen LogP contribution in [0.2, 0.25) is 0 Å². The van der Waals surface area contributed by atoms with Gasteiger partial charge in [-0.05, 0) is 44.5 Å². The second-order valence-electron chi connectivity index (χ2n) is 7.75. The highest BCUT2D eigenvalue weighted by Gasteiger charge is 2.20. The highest BCUT2D eigenvalue weighted by Crippen LogP contribution is 2.29. The Balaban J connectivity index is 1.73.